The largest absolute Gasteiger partial charge is 0.481 e. The second kappa shape index (κ2) is 34.1. The van der Waals surface area contributed by atoms with Crippen LogP contribution in [0.4, 0.5) is 4.79 Å². The molecule has 75 heavy (non-hydrogen) atoms. The number of ketones is 1. The molecule has 1 saturated heterocycles. The number of carboxylic acid groups (broad SMARTS) is 2. The Morgan fingerprint density at radius 2 is 1.16 bits per heavy atom. The van der Waals surface area contributed by atoms with Gasteiger partial charge in [0.1, 0.15) is 6.04 Å². The lowest BCUT2D eigenvalue weighted by atomic mass is 9.99. The van der Waals surface area contributed by atoms with Gasteiger partial charge in [0, 0.05) is 87.8 Å². The summed E-state index contributed by atoms with van der Waals surface area (Å²) in [5.74, 6) is -4.97. The van der Waals surface area contributed by atoms with Gasteiger partial charge in [-0.05, 0) is 115 Å². The summed E-state index contributed by atoms with van der Waals surface area (Å²) in [5.41, 5.74) is 25.5. The minimum absolute atomic E-state index is 0.0120. The number of rotatable bonds is 32. The average molecular weight is 1180 g/mol. The SMILES string of the molecule is CC(=O)[C@@H](CCC(=O)O)NC(=O)N[C@H](CCCCN(Cc1ccc(I)cc1)C(=O)CCCCCC(=S)Cc1ccc(CC2CN(CC(N)=O)CCN(CC(N)=O)CCN(CC(N)=O)CCN2CC(N)=O)cc1)C(=O)O. The minimum atomic E-state index is -1.27. The summed E-state index contributed by atoms with van der Waals surface area (Å²) in [4.78, 5) is 120. The molecule has 0 radical (unpaired) electrons. The number of unbranched alkanes of at least 4 members (excludes halogenated alkanes) is 3. The van der Waals surface area contributed by atoms with Crippen molar-refractivity contribution >= 4 is 93.0 Å². The molecule has 1 aliphatic heterocycles. The van der Waals surface area contributed by atoms with E-state index in [1.807, 2.05) is 68.1 Å². The minimum Gasteiger partial charge on any atom is -0.481 e. The van der Waals surface area contributed by atoms with Gasteiger partial charge in [-0.25, -0.2) is 9.59 Å². The molecule has 1 aliphatic rings. The molecule has 7 amide bonds. The predicted octanol–water partition coefficient (Wildman–Crippen LogP) is 1.00. The second-order valence-corrected chi connectivity index (χ2v) is 20.9. The van der Waals surface area contributed by atoms with Crippen LogP contribution in [0.25, 0.3) is 0 Å². The first-order valence-corrected chi connectivity index (χ1v) is 26.7. The first-order valence-electron chi connectivity index (χ1n) is 25.2. The van der Waals surface area contributed by atoms with E-state index in [0.29, 0.717) is 104 Å². The van der Waals surface area contributed by atoms with E-state index in [-0.39, 0.29) is 57.4 Å². The van der Waals surface area contributed by atoms with Crippen molar-refractivity contribution in [3.05, 3.63) is 68.8 Å². The van der Waals surface area contributed by atoms with Gasteiger partial charge in [-0.2, -0.15) is 0 Å². The number of aliphatic carboxylic acids is 2. The van der Waals surface area contributed by atoms with Crippen LogP contribution in [-0.4, -0.2) is 190 Å². The van der Waals surface area contributed by atoms with E-state index in [1.165, 1.54) is 6.92 Å². The third kappa shape index (κ3) is 27.1. The molecule has 414 valence electrons. The van der Waals surface area contributed by atoms with Gasteiger partial charge in [-0.1, -0.05) is 55.0 Å². The monoisotopic (exact) mass is 1180 g/mol. The van der Waals surface area contributed by atoms with Crippen molar-refractivity contribution < 1.29 is 53.4 Å². The van der Waals surface area contributed by atoms with Crippen molar-refractivity contribution in [1.82, 2.24) is 35.1 Å². The van der Waals surface area contributed by atoms with E-state index in [4.69, 9.17) is 40.3 Å². The number of carbonyl (C=O) groups is 9. The number of thiocarbonyl (C=S) groups is 1. The van der Waals surface area contributed by atoms with E-state index < -0.39 is 59.5 Å². The lowest BCUT2D eigenvalue weighted by Crippen LogP contribution is -2.54. The summed E-state index contributed by atoms with van der Waals surface area (Å²) in [6.45, 7) is 4.48. The first-order chi connectivity index (χ1) is 35.6. The summed E-state index contributed by atoms with van der Waals surface area (Å²) in [6.07, 6.45) is 4.71. The normalized spacial score (nSPS) is 16.1. The molecule has 22 nitrogen and oxygen atoms in total. The Balaban J connectivity index is 1.58. The van der Waals surface area contributed by atoms with Crippen molar-refractivity contribution in [3.63, 3.8) is 0 Å². The number of nitrogens with two attached hydrogens (primary N) is 4. The Morgan fingerprint density at radius 3 is 1.72 bits per heavy atom. The van der Waals surface area contributed by atoms with Gasteiger partial charge in [-0.3, -0.25) is 53.2 Å². The van der Waals surface area contributed by atoms with Crippen LogP contribution >= 0.6 is 34.8 Å². The smallest absolute Gasteiger partial charge is 0.326 e. The predicted molar refractivity (Wildman–Crippen MR) is 294 cm³/mol. The van der Waals surface area contributed by atoms with Crippen LogP contribution in [0.2, 0.25) is 0 Å². The summed E-state index contributed by atoms with van der Waals surface area (Å²) in [7, 11) is 0. The molecular weight excluding hydrogens is 1100 g/mol. The van der Waals surface area contributed by atoms with E-state index in [0.717, 1.165) is 38.0 Å². The fourth-order valence-electron chi connectivity index (χ4n) is 8.80. The maximum Gasteiger partial charge on any atom is 0.326 e. The summed E-state index contributed by atoms with van der Waals surface area (Å²) in [5, 5.41) is 23.5. The third-order valence-corrected chi connectivity index (χ3v) is 13.8. The maximum atomic E-state index is 13.6. The standard InChI is InChI=1S/C51H76IN11O11S/c1-35(64)42(18-19-49(70)71)57-51(74)58-43(50(72)73)8-5-6-20-63(29-38-14-16-39(52)17-15-38)48(69)9-4-2-3-7-41(75)28-37-12-10-36(11-13-37)27-40-30-61(33-46(55)67)24-23-59(31-44(53)65)21-22-60(32-45(54)66)25-26-62(40)34-47(56)68/h10-17,40,42-43H,2-9,18-34H2,1H3,(H2,53,65)(H2,54,66)(H2,55,67)(H2,56,68)(H,70,71)(H,72,73)(H2,57,58,74)/t40?,42-,43-/m1/s1. The van der Waals surface area contributed by atoms with Crippen LogP contribution in [-0.2, 0) is 57.7 Å². The number of Topliss-reactive ketones (excluding diaryl/α,β-unsaturated/α-hetero) is 1. The fraction of sp³-hybridized carbons (Fsp3) is 0.569. The van der Waals surface area contributed by atoms with Gasteiger partial charge < -0.3 is 48.7 Å². The maximum absolute atomic E-state index is 13.6. The van der Waals surface area contributed by atoms with Crippen molar-refractivity contribution in [2.24, 2.45) is 22.9 Å². The quantitative estimate of drug-likeness (QED) is 0.0288. The Kier molecular flexibility index (Phi) is 28.9. The molecule has 3 atom stereocenters. The molecule has 1 heterocycles. The van der Waals surface area contributed by atoms with E-state index in [2.05, 4.69) is 33.2 Å². The molecule has 1 fully saturated rings. The molecule has 2 aromatic carbocycles. The van der Waals surface area contributed by atoms with Gasteiger partial charge in [0.15, 0.2) is 5.78 Å². The number of nitrogens with one attached hydrogen (secondary N) is 2. The van der Waals surface area contributed by atoms with Crippen LogP contribution in [0.3, 0.4) is 0 Å². The zero-order chi connectivity index (χ0) is 55.5. The van der Waals surface area contributed by atoms with E-state index in [1.54, 1.807) is 4.90 Å². The van der Waals surface area contributed by atoms with Gasteiger partial charge in [0.2, 0.25) is 29.5 Å². The van der Waals surface area contributed by atoms with Crippen molar-refractivity contribution in [1.29, 1.82) is 0 Å². The Labute approximate surface area is 458 Å². The van der Waals surface area contributed by atoms with Crippen LogP contribution in [0, 0.1) is 3.57 Å². The summed E-state index contributed by atoms with van der Waals surface area (Å²) in [6, 6.07) is 12.4. The highest BCUT2D eigenvalue weighted by Gasteiger charge is 2.28. The molecule has 2 aromatic rings. The lowest BCUT2D eigenvalue weighted by Gasteiger charge is -2.38. The Morgan fingerprint density at radius 1 is 0.640 bits per heavy atom. The van der Waals surface area contributed by atoms with Crippen LogP contribution < -0.4 is 33.6 Å². The first kappa shape index (κ1) is 63.6. The van der Waals surface area contributed by atoms with E-state index in [9.17, 15) is 48.3 Å². The van der Waals surface area contributed by atoms with Crippen LogP contribution in [0.1, 0.15) is 87.8 Å². The van der Waals surface area contributed by atoms with Gasteiger partial charge in [0.05, 0.1) is 32.2 Å². The number of amides is 7. The zero-order valence-electron chi connectivity index (χ0n) is 42.9. The summed E-state index contributed by atoms with van der Waals surface area (Å²) >= 11 is 8.02. The molecule has 0 aliphatic carbocycles. The molecular formula is C51H76IN11O11S. The van der Waals surface area contributed by atoms with Gasteiger partial charge >= 0.3 is 18.0 Å². The number of carbonyl (C=O) groups excluding carboxylic acids is 7. The van der Waals surface area contributed by atoms with Crippen LogP contribution in [0.15, 0.2) is 48.5 Å². The number of benzene rings is 2. The average Bonchev–Trinajstić information content (AvgIpc) is 3.32. The van der Waals surface area contributed by atoms with Crippen molar-refractivity contribution in [2.75, 3.05) is 78.5 Å². The molecule has 0 spiro atoms. The van der Waals surface area contributed by atoms with E-state index >= 15 is 0 Å². The van der Waals surface area contributed by atoms with Gasteiger partial charge in [0.25, 0.3) is 0 Å². The zero-order valence-corrected chi connectivity index (χ0v) is 45.9. The highest BCUT2D eigenvalue weighted by molar-refractivity contribution is 14.1. The van der Waals surface area contributed by atoms with Crippen LogP contribution in [0.5, 0.6) is 0 Å². The number of hydrogen-bond donors (Lipinski definition) is 8. The lowest BCUT2D eigenvalue weighted by molar-refractivity contribution is -0.139. The number of nitrogens with zero attached hydrogens (tertiary/aromatic N) is 5. The topological polar surface area (TPSA) is 338 Å². The molecule has 0 saturated carbocycles. The van der Waals surface area contributed by atoms with Gasteiger partial charge in [-0.15, -0.1) is 0 Å². The number of urea groups is 1. The molecule has 1 unspecified atom stereocenters. The van der Waals surface area contributed by atoms with Crippen molar-refractivity contribution in [3.8, 4) is 0 Å². The Bertz CT molecular complexity index is 2240. The molecule has 0 aromatic heterocycles. The number of primary amides is 4. The second-order valence-electron chi connectivity index (χ2n) is 19.1. The molecule has 24 heteroatoms. The third-order valence-electron chi connectivity index (χ3n) is 12.7. The number of carboxylic acids is 2. The fourth-order valence-corrected chi connectivity index (χ4v) is 9.47. The highest BCUT2D eigenvalue weighted by Crippen LogP contribution is 2.18. The molecule has 3 rings (SSSR count). The molecule has 12 N–H and O–H groups in total. The Hall–Kier alpha value is -5.67. The van der Waals surface area contributed by atoms with Crippen molar-refractivity contribution in [2.45, 2.75) is 109 Å². The summed E-state index contributed by atoms with van der Waals surface area (Å²) < 4.78 is 1.05. The number of hydrogen-bond acceptors (Lipinski definition) is 14. The highest BCUT2D eigenvalue weighted by atomic mass is 127. The number of halogens is 1. The molecule has 0 bridgehead atoms.